The van der Waals surface area contributed by atoms with Crippen molar-refractivity contribution < 1.29 is 17.6 Å². The molecular formula is C15H23N3O4S. The van der Waals surface area contributed by atoms with Crippen LogP contribution in [0, 0.1) is 0 Å². The summed E-state index contributed by atoms with van der Waals surface area (Å²) >= 11 is 0. The molecular weight excluding hydrogens is 318 g/mol. The summed E-state index contributed by atoms with van der Waals surface area (Å²) < 4.78 is 34.5. The smallest absolute Gasteiger partial charge is 0.282 e. The zero-order valence-corrected chi connectivity index (χ0v) is 14.2. The summed E-state index contributed by atoms with van der Waals surface area (Å²) in [7, 11) is -3.54. The van der Waals surface area contributed by atoms with E-state index in [1.165, 1.54) is 11.2 Å². The molecule has 0 unspecified atom stereocenters. The average Bonchev–Trinajstić information content (AvgIpc) is 3.12. The summed E-state index contributed by atoms with van der Waals surface area (Å²) in [5.74, 6) is 0.699. The third kappa shape index (κ3) is 3.29. The Labute approximate surface area is 137 Å². The van der Waals surface area contributed by atoms with Gasteiger partial charge in [-0.3, -0.25) is 4.79 Å². The van der Waals surface area contributed by atoms with Crippen LogP contribution in [0.1, 0.15) is 38.0 Å². The van der Waals surface area contributed by atoms with Gasteiger partial charge in [0.2, 0.25) is 5.91 Å². The van der Waals surface area contributed by atoms with Crippen molar-refractivity contribution in [3.63, 3.8) is 0 Å². The molecule has 0 aromatic carbocycles. The zero-order valence-electron chi connectivity index (χ0n) is 13.3. The van der Waals surface area contributed by atoms with Gasteiger partial charge in [-0.1, -0.05) is 0 Å². The Morgan fingerprint density at radius 3 is 2.70 bits per heavy atom. The predicted octanol–water partition coefficient (Wildman–Crippen LogP) is 1.22. The van der Waals surface area contributed by atoms with Crippen molar-refractivity contribution in [2.75, 3.05) is 32.7 Å². The van der Waals surface area contributed by atoms with E-state index in [-0.39, 0.29) is 11.9 Å². The lowest BCUT2D eigenvalue weighted by molar-refractivity contribution is -0.128. The molecule has 23 heavy (non-hydrogen) atoms. The Bertz CT molecular complexity index is 644. The highest BCUT2D eigenvalue weighted by Crippen LogP contribution is 2.35. The van der Waals surface area contributed by atoms with Gasteiger partial charge in [0.25, 0.3) is 10.2 Å². The van der Waals surface area contributed by atoms with Crippen LogP contribution in [0.15, 0.2) is 22.8 Å². The molecule has 2 saturated heterocycles. The van der Waals surface area contributed by atoms with Crippen LogP contribution < -0.4 is 0 Å². The van der Waals surface area contributed by atoms with Gasteiger partial charge in [0.1, 0.15) is 5.76 Å². The topological polar surface area (TPSA) is 74.1 Å². The monoisotopic (exact) mass is 341 g/mol. The van der Waals surface area contributed by atoms with E-state index < -0.39 is 10.2 Å². The summed E-state index contributed by atoms with van der Waals surface area (Å²) in [6.45, 7) is 3.91. The second-order valence-electron chi connectivity index (χ2n) is 6.05. The van der Waals surface area contributed by atoms with Crippen LogP contribution in [0.3, 0.4) is 0 Å². The van der Waals surface area contributed by atoms with Crippen LogP contribution in [0.25, 0.3) is 0 Å². The molecule has 1 amide bonds. The average molecular weight is 341 g/mol. The normalized spacial score (nSPS) is 24.7. The molecule has 0 saturated carbocycles. The molecule has 7 nitrogen and oxygen atoms in total. The number of furan rings is 1. The SMILES string of the molecule is CC(=O)N1CCCN(S(=O)(=O)N2CCC[C@H]2c2ccco2)CC1. The predicted molar refractivity (Wildman–Crippen MR) is 84.8 cm³/mol. The number of rotatable bonds is 3. The van der Waals surface area contributed by atoms with Gasteiger partial charge >= 0.3 is 0 Å². The summed E-state index contributed by atoms with van der Waals surface area (Å²) in [4.78, 5) is 13.2. The molecule has 128 valence electrons. The Balaban J connectivity index is 1.76. The number of hydrogen-bond acceptors (Lipinski definition) is 4. The molecule has 1 atom stereocenters. The minimum Gasteiger partial charge on any atom is -0.468 e. The van der Waals surface area contributed by atoms with Gasteiger partial charge < -0.3 is 9.32 Å². The highest BCUT2D eigenvalue weighted by atomic mass is 32.2. The Morgan fingerprint density at radius 1 is 1.17 bits per heavy atom. The molecule has 0 spiro atoms. The molecule has 2 aliphatic rings. The quantitative estimate of drug-likeness (QED) is 0.828. The molecule has 0 N–H and O–H groups in total. The highest BCUT2D eigenvalue weighted by molar-refractivity contribution is 7.86. The molecule has 2 aliphatic heterocycles. The van der Waals surface area contributed by atoms with E-state index in [9.17, 15) is 13.2 Å². The van der Waals surface area contributed by atoms with Crippen LogP contribution in [0.5, 0.6) is 0 Å². The molecule has 0 aliphatic carbocycles. The Morgan fingerprint density at radius 2 is 2.00 bits per heavy atom. The van der Waals surface area contributed by atoms with E-state index in [1.54, 1.807) is 21.5 Å². The van der Waals surface area contributed by atoms with Crippen molar-refractivity contribution >= 4 is 16.1 Å². The van der Waals surface area contributed by atoms with E-state index in [2.05, 4.69) is 0 Å². The number of nitrogens with zero attached hydrogens (tertiary/aromatic N) is 3. The fourth-order valence-corrected chi connectivity index (χ4v) is 5.23. The molecule has 3 heterocycles. The first kappa shape index (κ1) is 16.5. The third-order valence-corrected chi connectivity index (χ3v) is 6.65. The third-order valence-electron chi connectivity index (χ3n) is 4.60. The first-order valence-corrected chi connectivity index (χ1v) is 9.45. The van der Waals surface area contributed by atoms with Crippen molar-refractivity contribution in [2.24, 2.45) is 0 Å². The molecule has 1 aromatic heterocycles. The van der Waals surface area contributed by atoms with Crippen LogP contribution in [0.4, 0.5) is 0 Å². The van der Waals surface area contributed by atoms with Crippen molar-refractivity contribution in [2.45, 2.75) is 32.2 Å². The summed E-state index contributed by atoms with van der Waals surface area (Å²) in [5.41, 5.74) is 0. The summed E-state index contributed by atoms with van der Waals surface area (Å²) in [5, 5.41) is 0. The molecule has 3 rings (SSSR count). The summed E-state index contributed by atoms with van der Waals surface area (Å²) in [6, 6.07) is 3.40. The van der Waals surface area contributed by atoms with Gasteiger partial charge in [0.05, 0.1) is 12.3 Å². The lowest BCUT2D eigenvalue weighted by atomic mass is 10.2. The largest absolute Gasteiger partial charge is 0.468 e. The van der Waals surface area contributed by atoms with Gasteiger partial charge in [-0.15, -0.1) is 0 Å². The van der Waals surface area contributed by atoms with E-state index in [0.717, 1.165) is 12.8 Å². The maximum absolute atomic E-state index is 13.0. The number of carbonyl (C=O) groups is 1. The molecule has 8 heteroatoms. The first-order chi connectivity index (χ1) is 11.0. The number of carbonyl (C=O) groups excluding carboxylic acids is 1. The molecule has 1 aromatic rings. The minimum absolute atomic E-state index is 0.00103. The standard InChI is InChI=1S/C15H23N3O4S/c1-13(19)16-7-4-8-17(11-10-16)23(20,21)18-9-2-5-14(18)15-6-3-12-22-15/h3,6,12,14H,2,4-5,7-11H2,1H3/t14-/m0/s1. The van der Waals surface area contributed by atoms with E-state index >= 15 is 0 Å². The fraction of sp³-hybridized carbons (Fsp3) is 0.667. The van der Waals surface area contributed by atoms with Crippen molar-refractivity contribution in [1.82, 2.24) is 13.5 Å². The number of hydrogen-bond donors (Lipinski definition) is 0. The van der Waals surface area contributed by atoms with E-state index in [0.29, 0.717) is 44.9 Å². The highest BCUT2D eigenvalue weighted by Gasteiger charge is 2.40. The lowest BCUT2D eigenvalue weighted by Gasteiger charge is -2.29. The fourth-order valence-electron chi connectivity index (χ4n) is 3.37. The minimum atomic E-state index is -3.54. The number of amides is 1. The van der Waals surface area contributed by atoms with Crippen molar-refractivity contribution in [3.8, 4) is 0 Å². The Kier molecular flexibility index (Phi) is 4.74. The second kappa shape index (κ2) is 6.62. The van der Waals surface area contributed by atoms with Gasteiger partial charge in [-0.2, -0.15) is 17.0 Å². The van der Waals surface area contributed by atoms with Gasteiger partial charge in [-0.05, 0) is 31.4 Å². The summed E-state index contributed by atoms with van der Waals surface area (Å²) in [6.07, 6.45) is 3.85. The van der Waals surface area contributed by atoms with E-state index in [1.807, 2.05) is 6.07 Å². The first-order valence-electron chi connectivity index (χ1n) is 8.06. The van der Waals surface area contributed by atoms with Gasteiger partial charge in [-0.25, -0.2) is 0 Å². The van der Waals surface area contributed by atoms with Crippen molar-refractivity contribution in [3.05, 3.63) is 24.2 Å². The maximum Gasteiger partial charge on any atom is 0.282 e. The lowest BCUT2D eigenvalue weighted by Crippen LogP contribution is -2.45. The molecule has 0 bridgehead atoms. The Hall–Kier alpha value is -1.38. The van der Waals surface area contributed by atoms with E-state index in [4.69, 9.17) is 4.42 Å². The molecule has 2 fully saturated rings. The van der Waals surface area contributed by atoms with Gasteiger partial charge in [0.15, 0.2) is 0 Å². The van der Waals surface area contributed by atoms with Crippen LogP contribution in [-0.2, 0) is 15.0 Å². The zero-order chi connectivity index (χ0) is 16.4. The second-order valence-corrected chi connectivity index (χ2v) is 7.93. The van der Waals surface area contributed by atoms with Crippen molar-refractivity contribution in [1.29, 1.82) is 0 Å². The van der Waals surface area contributed by atoms with Gasteiger partial charge in [0, 0.05) is 39.6 Å². The van der Waals surface area contributed by atoms with Crippen LogP contribution in [0.2, 0.25) is 0 Å². The van der Waals surface area contributed by atoms with Crippen LogP contribution in [-0.4, -0.2) is 60.6 Å². The molecule has 0 radical (unpaired) electrons. The maximum atomic E-state index is 13.0. The van der Waals surface area contributed by atoms with Crippen LogP contribution >= 0.6 is 0 Å².